The molecule has 0 saturated carbocycles. The molecule has 0 heterocycles. The summed E-state index contributed by atoms with van der Waals surface area (Å²) in [6.45, 7) is 7.28. The van der Waals surface area contributed by atoms with Crippen molar-refractivity contribution < 1.29 is 5.11 Å². The molecule has 0 amide bonds. The third-order valence-electron chi connectivity index (χ3n) is 3.53. The summed E-state index contributed by atoms with van der Waals surface area (Å²) < 4.78 is 0. The third kappa shape index (κ3) is 9.45. The second kappa shape index (κ2) is 13.3. The van der Waals surface area contributed by atoms with E-state index >= 15 is 0 Å². The van der Waals surface area contributed by atoms with Gasteiger partial charge in [-0.3, -0.25) is 0 Å². The largest absolute Gasteiger partial charge is 0.393 e. The van der Waals surface area contributed by atoms with E-state index in [1.54, 1.807) is 0 Å². The Kier molecular flexibility index (Phi) is 15.8. The fraction of sp³-hybridized carbons (Fsp3) is 1.00. The van der Waals surface area contributed by atoms with Crippen LogP contribution in [0.1, 0.15) is 59.3 Å². The highest BCUT2D eigenvalue weighted by atomic mass is 79.9. The topological polar surface area (TPSA) is 20.2 Å². The van der Waals surface area contributed by atoms with Gasteiger partial charge < -0.3 is 5.11 Å². The number of hydrogen-bond acceptors (Lipinski definition) is 1. The van der Waals surface area contributed by atoms with E-state index in [9.17, 15) is 5.11 Å². The Labute approximate surface area is 120 Å². The van der Waals surface area contributed by atoms with Crippen molar-refractivity contribution in [2.24, 2.45) is 0 Å². The number of hydrogen-bond donors (Lipinski definition) is 1. The maximum atomic E-state index is 9.33. The van der Waals surface area contributed by atoms with Gasteiger partial charge in [0.05, 0.1) is 31.3 Å². The van der Waals surface area contributed by atoms with Gasteiger partial charge in [-0.15, -0.1) is 17.0 Å². The highest BCUT2D eigenvalue weighted by Crippen LogP contribution is 2.60. The number of aliphatic hydroxyl groups is 1. The minimum Gasteiger partial charge on any atom is -0.393 e. The van der Waals surface area contributed by atoms with Crippen molar-refractivity contribution in [2.45, 2.75) is 59.3 Å². The first kappa shape index (κ1) is 20.2. The van der Waals surface area contributed by atoms with Crippen molar-refractivity contribution in [2.75, 3.05) is 31.3 Å². The SMILES string of the molecule is Br.CCCC[P+](CCO)(CCCC)CCCC. The lowest BCUT2D eigenvalue weighted by atomic mass is 10.4. The molecule has 0 aliphatic carbocycles. The highest BCUT2D eigenvalue weighted by molar-refractivity contribution is 8.93. The Bertz CT molecular complexity index is 131. The second-order valence-electron chi connectivity index (χ2n) is 5.02. The van der Waals surface area contributed by atoms with Crippen molar-refractivity contribution in [1.29, 1.82) is 0 Å². The van der Waals surface area contributed by atoms with E-state index in [4.69, 9.17) is 0 Å². The molecule has 0 aromatic carbocycles. The van der Waals surface area contributed by atoms with Gasteiger partial charge in [-0.1, -0.05) is 40.0 Å². The molecule has 1 N–H and O–H groups in total. The van der Waals surface area contributed by atoms with Crippen LogP contribution in [0.4, 0.5) is 0 Å². The molecule has 0 aliphatic heterocycles. The Morgan fingerprint density at radius 2 is 1.06 bits per heavy atom. The van der Waals surface area contributed by atoms with Crippen molar-refractivity contribution in [3.05, 3.63) is 0 Å². The molecular formula is C14H33BrOP+. The van der Waals surface area contributed by atoms with E-state index in [0.717, 1.165) is 6.16 Å². The molecule has 0 aromatic heterocycles. The summed E-state index contributed by atoms with van der Waals surface area (Å²) >= 11 is 0. The summed E-state index contributed by atoms with van der Waals surface area (Å²) in [4.78, 5) is 0. The van der Waals surface area contributed by atoms with E-state index in [2.05, 4.69) is 20.8 Å². The molecule has 1 nitrogen and oxygen atoms in total. The first-order valence-electron chi connectivity index (χ1n) is 7.20. The smallest absolute Gasteiger partial charge is 0.0825 e. The van der Waals surface area contributed by atoms with Crippen LogP contribution in [-0.4, -0.2) is 36.4 Å². The number of halogens is 1. The molecule has 0 aromatic rings. The monoisotopic (exact) mass is 327 g/mol. The summed E-state index contributed by atoms with van der Waals surface area (Å²) in [6, 6.07) is 0. The molecule has 0 atom stereocenters. The third-order valence-corrected chi connectivity index (χ3v) is 8.48. The molecule has 0 spiro atoms. The molecule has 3 heteroatoms. The van der Waals surface area contributed by atoms with Crippen LogP contribution in [0.2, 0.25) is 0 Å². The zero-order chi connectivity index (χ0) is 12.3. The first-order valence-corrected chi connectivity index (χ1v) is 9.73. The summed E-state index contributed by atoms with van der Waals surface area (Å²) in [5.41, 5.74) is 0. The van der Waals surface area contributed by atoms with Gasteiger partial charge >= 0.3 is 0 Å². The van der Waals surface area contributed by atoms with E-state index in [0.29, 0.717) is 6.61 Å². The minimum atomic E-state index is -0.796. The predicted molar refractivity (Wildman–Crippen MR) is 88.5 cm³/mol. The molecule has 0 rings (SSSR count). The standard InChI is InChI=1S/C14H32OP.BrH/c1-4-7-11-16(14-10-15,12-8-5-2)13-9-6-3;/h15H,4-14H2,1-3H3;1H/q+1;. The van der Waals surface area contributed by atoms with Gasteiger partial charge in [0.15, 0.2) is 0 Å². The second-order valence-corrected chi connectivity index (χ2v) is 9.49. The molecule has 17 heavy (non-hydrogen) atoms. The fourth-order valence-electron chi connectivity index (χ4n) is 2.36. The van der Waals surface area contributed by atoms with E-state index in [1.165, 1.54) is 57.0 Å². The molecular weight excluding hydrogens is 295 g/mol. The Morgan fingerprint density at radius 1 is 0.706 bits per heavy atom. The first-order chi connectivity index (χ1) is 7.74. The van der Waals surface area contributed by atoms with Gasteiger partial charge in [0.2, 0.25) is 0 Å². The van der Waals surface area contributed by atoms with Gasteiger partial charge in [0, 0.05) is 7.26 Å². The van der Waals surface area contributed by atoms with Crippen LogP contribution < -0.4 is 0 Å². The van der Waals surface area contributed by atoms with Gasteiger partial charge in [0.1, 0.15) is 0 Å². The predicted octanol–water partition coefficient (Wildman–Crippen LogP) is 4.97. The number of unbranched alkanes of at least 4 members (excludes halogenated alkanes) is 3. The van der Waals surface area contributed by atoms with Gasteiger partial charge in [-0.2, -0.15) is 0 Å². The molecule has 0 aliphatic rings. The van der Waals surface area contributed by atoms with Crippen LogP contribution in [-0.2, 0) is 0 Å². The average Bonchev–Trinajstić information content (AvgIpc) is 2.31. The molecule has 0 saturated heterocycles. The van der Waals surface area contributed by atoms with Crippen LogP contribution >= 0.6 is 24.2 Å². The Balaban J connectivity index is 0. The molecule has 0 unspecified atom stereocenters. The Hall–Kier alpha value is 0.870. The number of rotatable bonds is 11. The van der Waals surface area contributed by atoms with Crippen LogP contribution in [0.25, 0.3) is 0 Å². The van der Waals surface area contributed by atoms with Crippen molar-refractivity contribution in [3.63, 3.8) is 0 Å². The van der Waals surface area contributed by atoms with Crippen molar-refractivity contribution in [3.8, 4) is 0 Å². The van der Waals surface area contributed by atoms with Gasteiger partial charge in [-0.25, -0.2) is 0 Å². The fourth-order valence-corrected chi connectivity index (χ4v) is 7.09. The normalized spacial score (nSPS) is 11.3. The highest BCUT2D eigenvalue weighted by Gasteiger charge is 2.34. The van der Waals surface area contributed by atoms with E-state index < -0.39 is 7.26 Å². The lowest BCUT2D eigenvalue weighted by Gasteiger charge is -2.27. The Morgan fingerprint density at radius 3 is 1.29 bits per heavy atom. The van der Waals surface area contributed by atoms with Crippen LogP contribution in [0, 0.1) is 0 Å². The van der Waals surface area contributed by atoms with Gasteiger partial charge in [0.25, 0.3) is 0 Å². The van der Waals surface area contributed by atoms with E-state index in [-0.39, 0.29) is 17.0 Å². The summed E-state index contributed by atoms with van der Waals surface area (Å²) in [5, 5.41) is 9.33. The summed E-state index contributed by atoms with van der Waals surface area (Å²) in [5.74, 6) is 0. The van der Waals surface area contributed by atoms with Crippen molar-refractivity contribution >= 4 is 24.2 Å². The summed E-state index contributed by atoms with van der Waals surface area (Å²) in [7, 11) is -0.796. The minimum absolute atomic E-state index is 0. The van der Waals surface area contributed by atoms with Crippen LogP contribution in [0.5, 0.6) is 0 Å². The average molecular weight is 328 g/mol. The van der Waals surface area contributed by atoms with Crippen LogP contribution in [0.15, 0.2) is 0 Å². The quantitative estimate of drug-likeness (QED) is 0.531. The summed E-state index contributed by atoms with van der Waals surface area (Å²) in [6.07, 6.45) is 13.5. The maximum absolute atomic E-state index is 9.33. The molecule has 0 fully saturated rings. The zero-order valence-corrected chi connectivity index (χ0v) is 14.7. The lowest BCUT2D eigenvalue weighted by Crippen LogP contribution is -2.14. The molecule has 0 radical (unpaired) electrons. The van der Waals surface area contributed by atoms with E-state index in [1.807, 2.05) is 0 Å². The maximum Gasteiger partial charge on any atom is 0.0825 e. The number of aliphatic hydroxyl groups excluding tert-OH is 1. The van der Waals surface area contributed by atoms with Gasteiger partial charge in [-0.05, 0) is 19.3 Å². The zero-order valence-electron chi connectivity index (χ0n) is 12.1. The lowest BCUT2D eigenvalue weighted by molar-refractivity contribution is 0.320. The molecule has 106 valence electrons. The van der Waals surface area contributed by atoms with Crippen molar-refractivity contribution in [1.82, 2.24) is 0 Å². The molecule has 0 bridgehead atoms. The van der Waals surface area contributed by atoms with Crippen LogP contribution in [0.3, 0.4) is 0 Å².